The lowest BCUT2D eigenvalue weighted by atomic mass is 10.1. The Morgan fingerprint density at radius 3 is 2.32 bits per heavy atom. The first-order valence-electron chi connectivity index (χ1n) is 6.50. The molecule has 110 valence electrons. The van der Waals surface area contributed by atoms with Crippen molar-refractivity contribution in [2.75, 3.05) is 0 Å². The molecule has 0 aromatic carbocycles. The van der Waals surface area contributed by atoms with Crippen LogP contribution in [0.5, 0.6) is 0 Å². The third-order valence-electron chi connectivity index (χ3n) is 3.54. The number of hydrogen-bond acceptors (Lipinski definition) is 3. The lowest BCUT2D eigenvalue weighted by Gasteiger charge is -2.20. The summed E-state index contributed by atoms with van der Waals surface area (Å²) in [5.41, 5.74) is 5.04. The molecule has 1 rings (SSSR count). The number of nitrogens with two attached hydrogens (primary N) is 1. The van der Waals surface area contributed by atoms with Crippen LogP contribution in [0.1, 0.15) is 33.6 Å². The van der Waals surface area contributed by atoms with Crippen molar-refractivity contribution in [1.82, 2.24) is 5.32 Å². The standard InChI is InChI=1S/C13H22F3N3/c1-7(2)11(6-12(18)13(14,15)16)19-9-4-8(3)10(17)5-9/h6-10,18-19H,4-5,17H2,1-3H3/b11-6-,18-12?. The van der Waals surface area contributed by atoms with Crippen LogP contribution in [0, 0.1) is 17.2 Å². The van der Waals surface area contributed by atoms with Gasteiger partial charge in [0.25, 0.3) is 0 Å². The zero-order chi connectivity index (χ0) is 14.8. The summed E-state index contributed by atoms with van der Waals surface area (Å²) in [7, 11) is 0. The van der Waals surface area contributed by atoms with Gasteiger partial charge in [-0.05, 0) is 30.8 Å². The van der Waals surface area contributed by atoms with E-state index in [1.165, 1.54) is 0 Å². The fourth-order valence-corrected chi connectivity index (χ4v) is 2.25. The van der Waals surface area contributed by atoms with Crippen LogP contribution < -0.4 is 11.1 Å². The van der Waals surface area contributed by atoms with E-state index in [0.717, 1.165) is 18.9 Å². The normalized spacial score (nSPS) is 28.8. The minimum absolute atomic E-state index is 0.0881. The van der Waals surface area contributed by atoms with Crippen LogP contribution in [0.2, 0.25) is 0 Å². The largest absolute Gasteiger partial charge is 0.432 e. The van der Waals surface area contributed by atoms with Crippen molar-refractivity contribution in [2.45, 2.75) is 51.9 Å². The van der Waals surface area contributed by atoms with Gasteiger partial charge in [0.1, 0.15) is 5.71 Å². The van der Waals surface area contributed by atoms with Crippen LogP contribution in [0.4, 0.5) is 13.2 Å². The van der Waals surface area contributed by atoms with Crippen molar-refractivity contribution >= 4 is 5.71 Å². The third-order valence-corrected chi connectivity index (χ3v) is 3.54. The molecule has 0 radical (unpaired) electrons. The SMILES string of the molecule is CC(C)/C(=C/C(=N)C(F)(F)F)NC1CC(C)C(N)C1. The first-order chi connectivity index (χ1) is 8.61. The number of halogens is 3. The first-order valence-corrected chi connectivity index (χ1v) is 6.50. The molecule has 3 nitrogen and oxygen atoms in total. The highest BCUT2D eigenvalue weighted by Crippen LogP contribution is 2.26. The lowest BCUT2D eigenvalue weighted by molar-refractivity contribution is -0.0584. The maximum absolute atomic E-state index is 12.4. The molecule has 4 N–H and O–H groups in total. The van der Waals surface area contributed by atoms with E-state index in [9.17, 15) is 13.2 Å². The second kappa shape index (κ2) is 5.94. The molecule has 0 bridgehead atoms. The number of rotatable bonds is 4. The number of allylic oxidation sites excluding steroid dienone is 2. The van der Waals surface area contributed by atoms with Gasteiger partial charge in [-0.3, -0.25) is 5.41 Å². The Balaban J connectivity index is 2.75. The van der Waals surface area contributed by atoms with Gasteiger partial charge in [-0.15, -0.1) is 0 Å². The minimum atomic E-state index is -4.60. The predicted octanol–water partition coefficient (Wildman–Crippen LogP) is 2.82. The summed E-state index contributed by atoms with van der Waals surface area (Å²) >= 11 is 0. The van der Waals surface area contributed by atoms with E-state index in [1.54, 1.807) is 13.8 Å². The van der Waals surface area contributed by atoms with Crippen molar-refractivity contribution < 1.29 is 13.2 Å². The van der Waals surface area contributed by atoms with E-state index in [-0.39, 0.29) is 18.0 Å². The Hall–Kier alpha value is -1.04. The molecule has 1 aliphatic rings. The number of alkyl halides is 3. The van der Waals surface area contributed by atoms with Crippen LogP contribution in [0.3, 0.4) is 0 Å². The van der Waals surface area contributed by atoms with Crippen LogP contribution in [-0.2, 0) is 0 Å². The molecule has 0 heterocycles. The second-order valence-electron chi connectivity index (χ2n) is 5.62. The van der Waals surface area contributed by atoms with E-state index >= 15 is 0 Å². The van der Waals surface area contributed by atoms with Gasteiger partial charge in [0, 0.05) is 17.8 Å². The van der Waals surface area contributed by atoms with Crippen molar-refractivity contribution in [1.29, 1.82) is 5.41 Å². The summed E-state index contributed by atoms with van der Waals surface area (Å²) in [6.07, 6.45) is -2.10. The Labute approximate surface area is 111 Å². The van der Waals surface area contributed by atoms with Crippen molar-refractivity contribution in [3.8, 4) is 0 Å². The molecule has 0 aromatic heterocycles. The van der Waals surface area contributed by atoms with E-state index in [4.69, 9.17) is 11.1 Å². The molecule has 0 amide bonds. The molecule has 0 aromatic rings. The monoisotopic (exact) mass is 277 g/mol. The maximum atomic E-state index is 12.4. The predicted molar refractivity (Wildman–Crippen MR) is 70.0 cm³/mol. The molecule has 1 fully saturated rings. The fourth-order valence-electron chi connectivity index (χ4n) is 2.25. The van der Waals surface area contributed by atoms with E-state index in [1.807, 2.05) is 6.92 Å². The quantitative estimate of drug-likeness (QED) is 0.692. The van der Waals surface area contributed by atoms with E-state index in [2.05, 4.69) is 5.32 Å². The van der Waals surface area contributed by atoms with Crippen LogP contribution in [-0.4, -0.2) is 24.0 Å². The fraction of sp³-hybridized carbons (Fsp3) is 0.769. The summed E-state index contributed by atoms with van der Waals surface area (Å²) in [5.74, 6) is 0.280. The van der Waals surface area contributed by atoms with Crippen LogP contribution in [0.15, 0.2) is 11.8 Å². The Morgan fingerprint density at radius 1 is 1.37 bits per heavy atom. The highest BCUT2D eigenvalue weighted by Gasteiger charge is 2.34. The van der Waals surface area contributed by atoms with Crippen molar-refractivity contribution in [2.24, 2.45) is 17.6 Å². The highest BCUT2D eigenvalue weighted by atomic mass is 19.4. The van der Waals surface area contributed by atoms with Gasteiger partial charge in [-0.2, -0.15) is 13.2 Å². The summed E-state index contributed by atoms with van der Waals surface area (Å²) in [5, 5.41) is 10.2. The van der Waals surface area contributed by atoms with Gasteiger partial charge in [-0.1, -0.05) is 20.8 Å². The molecule has 0 spiro atoms. The van der Waals surface area contributed by atoms with Gasteiger partial charge in [0.05, 0.1) is 0 Å². The molecule has 3 unspecified atom stereocenters. The van der Waals surface area contributed by atoms with Crippen LogP contribution in [0.25, 0.3) is 0 Å². The summed E-state index contributed by atoms with van der Waals surface area (Å²) in [6.45, 7) is 5.66. The molecule has 6 heteroatoms. The molecule has 0 saturated heterocycles. The Morgan fingerprint density at radius 2 is 1.95 bits per heavy atom. The molecule has 1 aliphatic carbocycles. The first kappa shape index (κ1) is 16.0. The van der Waals surface area contributed by atoms with Crippen molar-refractivity contribution in [3.05, 3.63) is 11.8 Å². The second-order valence-corrected chi connectivity index (χ2v) is 5.62. The van der Waals surface area contributed by atoms with Gasteiger partial charge in [0.2, 0.25) is 0 Å². The molecule has 3 atom stereocenters. The lowest BCUT2D eigenvalue weighted by Crippen LogP contribution is -2.31. The molecule has 0 aliphatic heterocycles. The maximum Gasteiger partial charge on any atom is 0.432 e. The average Bonchev–Trinajstić information content (AvgIpc) is 2.55. The Kier molecular flexibility index (Phi) is 5.01. The van der Waals surface area contributed by atoms with Gasteiger partial charge in [-0.25, -0.2) is 0 Å². The van der Waals surface area contributed by atoms with E-state index < -0.39 is 11.9 Å². The highest BCUT2D eigenvalue weighted by molar-refractivity contribution is 5.97. The van der Waals surface area contributed by atoms with E-state index in [0.29, 0.717) is 11.6 Å². The summed E-state index contributed by atoms with van der Waals surface area (Å²) < 4.78 is 37.2. The smallest absolute Gasteiger partial charge is 0.385 e. The zero-order valence-electron chi connectivity index (χ0n) is 11.5. The topological polar surface area (TPSA) is 61.9 Å². The number of nitrogens with one attached hydrogen (secondary N) is 2. The van der Waals surface area contributed by atoms with Crippen LogP contribution >= 0.6 is 0 Å². The van der Waals surface area contributed by atoms with Gasteiger partial charge >= 0.3 is 6.18 Å². The zero-order valence-corrected chi connectivity index (χ0v) is 11.5. The van der Waals surface area contributed by atoms with Gasteiger partial charge < -0.3 is 11.1 Å². The Bertz CT molecular complexity index is 351. The average molecular weight is 277 g/mol. The molecular formula is C13H22F3N3. The van der Waals surface area contributed by atoms with Gasteiger partial charge in [0.15, 0.2) is 0 Å². The van der Waals surface area contributed by atoms with Crippen molar-refractivity contribution in [3.63, 3.8) is 0 Å². The number of hydrogen-bond donors (Lipinski definition) is 3. The molecular weight excluding hydrogens is 255 g/mol. The minimum Gasteiger partial charge on any atom is -0.385 e. The molecule has 19 heavy (non-hydrogen) atoms. The summed E-state index contributed by atoms with van der Waals surface area (Å²) in [4.78, 5) is 0. The summed E-state index contributed by atoms with van der Waals surface area (Å²) in [6, 6.07) is 0.188. The third kappa shape index (κ3) is 4.53. The molecule has 1 saturated carbocycles.